The average molecular weight is 322 g/mol. The second kappa shape index (κ2) is 10.1. The fourth-order valence-corrected chi connectivity index (χ4v) is 5.41. The van der Waals surface area contributed by atoms with Crippen LogP contribution in [0.15, 0.2) is 0 Å². The van der Waals surface area contributed by atoms with Crippen LogP contribution in [0.4, 0.5) is 0 Å². The molecule has 0 aromatic heterocycles. The third kappa shape index (κ3) is 6.07. The van der Waals surface area contributed by atoms with Crippen molar-refractivity contribution in [2.75, 3.05) is 0 Å². The van der Waals surface area contributed by atoms with Gasteiger partial charge in [-0.3, -0.25) is 0 Å². The van der Waals surface area contributed by atoms with Crippen LogP contribution in [0.25, 0.3) is 0 Å². The molecule has 0 radical (unpaired) electrons. The minimum absolute atomic E-state index is 0.432. The van der Waals surface area contributed by atoms with E-state index in [4.69, 9.17) is 0 Å². The predicted octanol–water partition coefficient (Wildman–Crippen LogP) is 6.85. The number of piperidine rings is 1. The van der Waals surface area contributed by atoms with Crippen LogP contribution in [0.3, 0.4) is 0 Å². The number of nitrogens with one attached hydrogen (secondary N) is 1. The summed E-state index contributed by atoms with van der Waals surface area (Å²) in [6.07, 6.45) is 21.6. The Bertz CT molecular complexity index is 313. The minimum Gasteiger partial charge on any atom is -0.308 e. The van der Waals surface area contributed by atoms with Crippen molar-refractivity contribution in [1.29, 1.82) is 0 Å². The van der Waals surface area contributed by atoms with Gasteiger partial charge in [0, 0.05) is 11.6 Å². The maximum absolute atomic E-state index is 4.14. The van der Waals surface area contributed by atoms with Crippen molar-refractivity contribution in [2.45, 2.75) is 129 Å². The summed E-state index contributed by atoms with van der Waals surface area (Å²) in [4.78, 5) is 0. The summed E-state index contributed by atoms with van der Waals surface area (Å²) >= 11 is 0. The lowest BCUT2D eigenvalue weighted by Crippen LogP contribution is -2.59. The summed E-state index contributed by atoms with van der Waals surface area (Å²) in [5.41, 5.74) is 0.432. The Morgan fingerprint density at radius 2 is 1.57 bits per heavy atom. The van der Waals surface area contributed by atoms with Crippen LogP contribution in [0.2, 0.25) is 0 Å². The van der Waals surface area contributed by atoms with Gasteiger partial charge in [0.05, 0.1) is 0 Å². The van der Waals surface area contributed by atoms with Crippen molar-refractivity contribution < 1.29 is 0 Å². The topological polar surface area (TPSA) is 12.0 Å². The van der Waals surface area contributed by atoms with E-state index >= 15 is 0 Å². The van der Waals surface area contributed by atoms with Crippen molar-refractivity contribution >= 4 is 0 Å². The van der Waals surface area contributed by atoms with Gasteiger partial charge >= 0.3 is 0 Å². The monoisotopic (exact) mass is 321 g/mol. The first-order valence-electron chi connectivity index (χ1n) is 11.0. The van der Waals surface area contributed by atoms with Gasteiger partial charge in [-0.25, -0.2) is 0 Å². The largest absolute Gasteiger partial charge is 0.308 e. The third-order valence-electron chi connectivity index (χ3n) is 6.68. The number of unbranched alkanes of at least 4 members (excludes halogenated alkanes) is 6. The van der Waals surface area contributed by atoms with E-state index in [1.807, 2.05) is 0 Å². The van der Waals surface area contributed by atoms with Crippen LogP contribution in [0.1, 0.15) is 117 Å². The van der Waals surface area contributed by atoms with E-state index < -0.39 is 0 Å². The summed E-state index contributed by atoms with van der Waals surface area (Å²) in [6, 6.07) is 0.838. The normalized spacial score (nSPS) is 34.3. The van der Waals surface area contributed by atoms with Crippen molar-refractivity contribution in [3.8, 4) is 0 Å². The molecule has 1 aliphatic heterocycles. The molecule has 1 aliphatic carbocycles. The molecule has 0 amide bonds. The lowest BCUT2D eigenvalue weighted by Gasteiger charge is -2.51. The molecule has 2 aliphatic rings. The summed E-state index contributed by atoms with van der Waals surface area (Å²) in [5, 5.41) is 4.14. The summed E-state index contributed by atoms with van der Waals surface area (Å²) in [5.74, 6) is 2.00. The number of hydrogen-bond donors (Lipinski definition) is 1. The zero-order valence-corrected chi connectivity index (χ0v) is 16.3. The van der Waals surface area contributed by atoms with Crippen molar-refractivity contribution in [1.82, 2.24) is 5.32 Å². The van der Waals surface area contributed by atoms with Crippen molar-refractivity contribution in [2.24, 2.45) is 11.8 Å². The highest BCUT2D eigenvalue weighted by molar-refractivity contribution is 5.00. The molecular weight excluding hydrogens is 278 g/mol. The van der Waals surface area contributed by atoms with Gasteiger partial charge in [-0.2, -0.15) is 0 Å². The molecule has 1 saturated heterocycles. The number of rotatable bonds is 10. The second-order valence-electron chi connectivity index (χ2n) is 8.88. The highest BCUT2D eigenvalue weighted by Gasteiger charge is 2.42. The highest BCUT2D eigenvalue weighted by Crippen LogP contribution is 2.43. The molecule has 1 N–H and O–H groups in total. The number of hydrogen-bond acceptors (Lipinski definition) is 1. The molecule has 136 valence electrons. The Labute approximate surface area is 146 Å². The van der Waals surface area contributed by atoms with Crippen LogP contribution >= 0.6 is 0 Å². The molecule has 23 heavy (non-hydrogen) atoms. The van der Waals surface area contributed by atoms with Crippen molar-refractivity contribution in [3.05, 3.63) is 0 Å². The molecule has 0 aromatic carbocycles. The molecule has 0 aromatic rings. The molecule has 1 heterocycles. The first kappa shape index (κ1) is 19.3. The lowest BCUT2D eigenvalue weighted by molar-refractivity contribution is 0.0538. The second-order valence-corrected chi connectivity index (χ2v) is 8.88. The zero-order valence-electron chi connectivity index (χ0n) is 16.3. The smallest absolute Gasteiger partial charge is 0.0158 e. The van der Waals surface area contributed by atoms with Crippen LogP contribution in [0.5, 0.6) is 0 Å². The molecule has 4 unspecified atom stereocenters. The SMILES string of the molecule is CCCCCCC1CC(C)(CCCCCC)NC2CCCCC12. The van der Waals surface area contributed by atoms with E-state index in [1.165, 1.54) is 96.3 Å². The van der Waals surface area contributed by atoms with E-state index in [0.29, 0.717) is 5.54 Å². The minimum atomic E-state index is 0.432. The molecule has 0 bridgehead atoms. The first-order chi connectivity index (χ1) is 11.2. The molecule has 2 fully saturated rings. The molecular formula is C22H43N. The van der Waals surface area contributed by atoms with E-state index in [0.717, 1.165) is 17.9 Å². The van der Waals surface area contributed by atoms with Gasteiger partial charge < -0.3 is 5.32 Å². The molecule has 2 rings (SSSR count). The van der Waals surface area contributed by atoms with Crippen LogP contribution in [0, 0.1) is 11.8 Å². The number of fused-ring (bicyclic) bond motifs is 1. The van der Waals surface area contributed by atoms with Gasteiger partial charge in [-0.1, -0.05) is 84.5 Å². The Morgan fingerprint density at radius 3 is 2.30 bits per heavy atom. The van der Waals surface area contributed by atoms with Gasteiger partial charge in [-0.05, 0) is 44.4 Å². The van der Waals surface area contributed by atoms with Crippen LogP contribution < -0.4 is 5.32 Å². The average Bonchev–Trinajstić information content (AvgIpc) is 2.55. The summed E-state index contributed by atoms with van der Waals surface area (Å²) in [6.45, 7) is 7.19. The van der Waals surface area contributed by atoms with Crippen LogP contribution in [-0.4, -0.2) is 11.6 Å². The van der Waals surface area contributed by atoms with E-state index in [1.54, 1.807) is 0 Å². The van der Waals surface area contributed by atoms with Crippen molar-refractivity contribution in [3.63, 3.8) is 0 Å². The Morgan fingerprint density at radius 1 is 0.870 bits per heavy atom. The fraction of sp³-hybridized carbons (Fsp3) is 1.00. The zero-order chi connectivity index (χ0) is 16.5. The van der Waals surface area contributed by atoms with Gasteiger partial charge in [0.15, 0.2) is 0 Å². The molecule has 1 heteroatoms. The summed E-state index contributed by atoms with van der Waals surface area (Å²) in [7, 11) is 0. The molecule has 0 spiro atoms. The Hall–Kier alpha value is -0.0400. The fourth-order valence-electron chi connectivity index (χ4n) is 5.41. The standard InChI is InChI=1S/C22H43N/c1-4-6-8-10-14-19-18-22(3,17-13-9-7-5-2)23-21-16-12-11-15-20(19)21/h19-21,23H,4-18H2,1-3H3. The summed E-state index contributed by atoms with van der Waals surface area (Å²) < 4.78 is 0. The molecule has 1 nitrogen and oxygen atoms in total. The highest BCUT2D eigenvalue weighted by atomic mass is 15.0. The molecule has 4 atom stereocenters. The molecule has 1 saturated carbocycles. The van der Waals surface area contributed by atoms with E-state index in [-0.39, 0.29) is 0 Å². The van der Waals surface area contributed by atoms with Gasteiger partial charge in [0.25, 0.3) is 0 Å². The van der Waals surface area contributed by atoms with Gasteiger partial charge in [0.1, 0.15) is 0 Å². The lowest BCUT2D eigenvalue weighted by atomic mass is 9.65. The van der Waals surface area contributed by atoms with E-state index in [2.05, 4.69) is 26.1 Å². The third-order valence-corrected chi connectivity index (χ3v) is 6.68. The first-order valence-corrected chi connectivity index (χ1v) is 11.0. The van der Waals surface area contributed by atoms with Gasteiger partial charge in [-0.15, -0.1) is 0 Å². The van der Waals surface area contributed by atoms with E-state index in [9.17, 15) is 0 Å². The maximum atomic E-state index is 4.14. The Kier molecular flexibility index (Phi) is 8.44. The maximum Gasteiger partial charge on any atom is 0.0158 e. The predicted molar refractivity (Wildman–Crippen MR) is 103 cm³/mol. The van der Waals surface area contributed by atoms with Gasteiger partial charge in [0.2, 0.25) is 0 Å². The quantitative estimate of drug-likeness (QED) is 0.434. The van der Waals surface area contributed by atoms with Crippen LogP contribution in [-0.2, 0) is 0 Å². The Balaban J connectivity index is 1.88.